The molecule has 4 nitrogen and oxygen atoms in total. The number of carbonyl (C=O) groups excluding carboxylic acids is 1. The summed E-state index contributed by atoms with van der Waals surface area (Å²) in [5.74, 6) is 0. The van der Waals surface area contributed by atoms with Gasteiger partial charge in [-0.05, 0) is 0 Å². The largest absolute Gasteiger partial charge is 2.00 e. The first kappa shape index (κ1) is 16.1. The van der Waals surface area contributed by atoms with E-state index in [9.17, 15) is 0 Å². The van der Waals surface area contributed by atoms with Gasteiger partial charge in [0.05, 0.1) is 0 Å². The molecule has 0 aliphatic carbocycles. The van der Waals surface area contributed by atoms with Crippen LogP contribution in [0, 0.1) is 0 Å². The minimum absolute atomic E-state index is 0. The molecule has 0 aromatic heterocycles. The van der Waals surface area contributed by atoms with E-state index in [1.54, 1.807) is 0 Å². The summed E-state index contributed by atoms with van der Waals surface area (Å²) in [5.41, 5.74) is 8.50. The Morgan fingerprint density at radius 2 is 1.33 bits per heavy atom. The molecule has 0 aliphatic rings. The maximum Gasteiger partial charge on any atom is 2.00 e. The van der Waals surface area contributed by atoms with Crippen molar-refractivity contribution in [3.8, 4) is 0 Å². The number of hydrogen-bond donors (Lipinski definition) is 3. The van der Waals surface area contributed by atoms with Crippen molar-refractivity contribution in [3.63, 3.8) is 0 Å². The molecule has 0 unspecified atom stereocenters. The second-order valence-corrected chi connectivity index (χ2v) is 0.402. The van der Waals surface area contributed by atoms with E-state index >= 15 is 0 Å². The summed E-state index contributed by atoms with van der Waals surface area (Å²) in [7, 11) is 0. The van der Waals surface area contributed by atoms with Crippen molar-refractivity contribution in [1.82, 2.24) is 6.15 Å². The van der Waals surface area contributed by atoms with Crippen molar-refractivity contribution in [3.05, 3.63) is 0 Å². The molecule has 6 heavy (non-hydrogen) atoms. The summed E-state index contributed by atoms with van der Waals surface area (Å²) < 4.78 is 0. The van der Waals surface area contributed by atoms with Crippen molar-refractivity contribution in [1.29, 1.82) is 0 Å². The topological polar surface area (TPSA) is 104 Å². The minimum atomic E-state index is -0.833. The normalized spacial score (nSPS) is 4.00. The Labute approximate surface area is 65.8 Å². The molecule has 0 bridgehead atoms. The third-order valence-corrected chi connectivity index (χ3v) is 0. The van der Waals surface area contributed by atoms with Crippen LogP contribution in [-0.2, 0) is 0 Å². The fourth-order valence-electron chi connectivity index (χ4n) is 0. The van der Waals surface area contributed by atoms with Gasteiger partial charge in [0.2, 0.25) is 0 Å². The molecular weight excluding hydrogens is 110 g/mol. The van der Waals surface area contributed by atoms with Gasteiger partial charge in [0.15, 0.2) is 0 Å². The Hall–Kier alpha value is 0.490. The van der Waals surface area contributed by atoms with Crippen LogP contribution in [0.4, 0.5) is 4.79 Å². The molecule has 0 atom stereocenters. The average molecular weight is 117 g/mol. The predicted molar refractivity (Wildman–Crippen MR) is 24.5 cm³/mol. The van der Waals surface area contributed by atoms with E-state index in [0.717, 1.165) is 0 Å². The molecule has 0 aliphatic heterocycles. The van der Waals surface area contributed by atoms with E-state index in [1.807, 2.05) is 0 Å². The first-order valence-corrected chi connectivity index (χ1v) is 0.781. The molecule has 0 fully saturated rings. The van der Waals surface area contributed by atoms with Crippen LogP contribution in [0.15, 0.2) is 0 Å². The van der Waals surface area contributed by atoms with Crippen LogP contribution < -0.4 is 17.6 Å². The summed E-state index contributed by atoms with van der Waals surface area (Å²) in [6, 6.07) is -0.833. The molecule has 0 rings (SSSR count). The maximum absolute atomic E-state index is 9.00. The number of carbonyl (C=O) groups is 1. The fraction of sp³-hybridized carbons (Fsp3) is 0. The van der Waals surface area contributed by atoms with E-state index in [1.165, 1.54) is 0 Å². The quantitative estimate of drug-likeness (QED) is 0.347. The zero-order valence-electron chi connectivity index (χ0n) is 3.48. The van der Waals surface area contributed by atoms with E-state index in [0.29, 0.717) is 0 Å². The van der Waals surface area contributed by atoms with Gasteiger partial charge in [0, 0.05) is 0 Å². The third kappa shape index (κ3) is 228. The van der Waals surface area contributed by atoms with Crippen molar-refractivity contribution in [2.24, 2.45) is 11.5 Å². The molecular formula is CH7CaN3O+2. The van der Waals surface area contributed by atoms with Crippen molar-refractivity contribution in [2.45, 2.75) is 0 Å². The molecule has 0 saturated carbocycles. The summed E-state index contributed by atoms with van der Waals surface area (Å²) in [4.78, 5) is 9.00. The van der Waals surface area contributed by atoms with Crippen LogP contribution in [0.5, 0.6) is 0 Å². The standard InChI is InChI=1S/CH4N2O.Ca.H3N/c2-1(3)4;;/h(H4,2,3,4);;1H3/q;+2;. The maximum atomic E-state index is 9.00. The van der Waals surface area contributed by atoms with Crippen molar-refractivity contribution in [2.75, 3.05) is 0 Å². The number of hydrogen-bond acceptors (Lipinski definition) is 2. The molecule has 0 radical (unpaired) electrons. The van der Waals surface area contributed by atoms with Gasteiger partial charge in [-0.2, -0.15) is 0 Å². The number of nitrogens with two attached hydrogens (primary N) is 2. The number of amides is 2. The SMILES string of the molecule is N.NC(N)=O.[Ca+2]. The monoisotopic (exact) mass is 117 g/mol. The zero-order chi connectivity index (χ0) is 3.58. The van der Waals surface area contributed by atoms with Gasteiger partial charge < -0.3 is 17.6 Å². The Kier molecular flexibility index (Phi) is 24.3. The average Bonchev–Trinajstić information content (AvgIpc) is 0.811. The van der Waals surface area contributed by atoms with Crippen molar-refractivity contribution < 1.29 is 4.79 Å². The zero-order valence-corrected chi connectivity index (χ0v) is 5.69. The first-order chi connectivity index (χ1) is 1.73. The summed E-state index contributed by atoms with van der Waals surface area (Å²) >= 11 is 0. The Bertz CT molecular complexity index is 33.8. The molecule has 32 valence electrons. The van der Waals surface area contributed by atoms with Gasteiger partial charge in [-0.25, -0.2) is 4.79 Å². The molecule has 2 amide bonds. The Balaban J connectivity index is -0.0000000450. The van der Waals surface area contributed by atoms with Crippen LogP contribution in [0.25, 0.3) is 0 Å². The predicted octanol–water partition coefficient (Wildman–Crippen LogP) is -1.20. The molecule has 0 heterocycles. The molecule has 0 aromatic rings. The van der Waals surface area contributed by atoms with Crippen LogP contribution in [0.3, 0.4) is 0 Å². The van der Waals surface area contributed by atoms with E-state index in [-0.39, 0.29) is 43.9 Å². The molecule has 0 spiro atoms. The number of rotatable bonds is 0. The first-order valence-electron chi connectivity index (χ1n) is 0.781. The van der Waals surface area contributed by atoms with Gasteiger partial charge >= 0.3 is 43.8 Å². The van der Waals surface area contributed by atoms with Crippen LogP contribution >= 0.6 is 0 Å². The molecule has 5 heteroatoms. The summed E-state index contributed by atoms with van der Waals surface area (Å²) in [6.07, 6.45) is 0. The van der Waals surface area contributed by atoms with Crippen molar-refractivity contribution >= 4 is 43.8 Å². The van der Waals surface area contributed by atoms with Crippen LogP contribution in [0.2, 0.25) is 0 Å². The summed E-state index contributed by atoms with van der Waals surface area (Å²) in [6.45, 7) is 0. The van der Waals surface area contributed by atoms with Gasteiger partial charge in [-0.15, -0.1) is 0 Å². The minimum Gasteiger partial charge on any atom is -0.352 e. The third-order valence-electron chi connectivity index (χ3n) is 0. The van der Waals surface area contributed by atoms with Gasteiger partial charge in [0.25, 0.3) is 0 Å². The molecule has 7 N–H and O–H groups in total. The fourth-order valence-corrected chi connectivity index (χ4v) is 0. The second-order valence-electron chi connectivity index (χ2n) is 0.402. The Morgan fingerprint density at radius 1 is 1.33 bits per heavy atom. The molecule has 0 saturated heterocycles. The summed E-state index contributed by atoms with van der Waals surface area (Å²) in [5, 5.41) is 0. The number of primary amides is 2. The van der Waals surface area contributed by atoms with E-state index in [4.69, 9.17) is 4.79 Å². The van der Waals surface area contributed by atoms with E-state index < -0.39 is 6.03 Å². The Morgan fingerprint density at radius 3 is 1.33 bits per heavy atom. The smallest absolute Gasteiger partial charge is 0.352 e. The molecule has 0 aromatic carbocycles. The van der Waals surface area contributed by atoms with Crippen LogP contribution in [0.1, 0.15) is 0 Å². The van der Waals surface area contributed by atoms with Gasteiger partial charge in [-0.3, -0.25) is 0 Å². The van der Waals surface area contributed by atoms with Gasteiger partial charge in [0.1, 0.15) is 0 Å². The number of urea groups is 1. The van der Waals surface area contributed by atoms with Crippen LogP contribution in [-0.4, -0.2) is 43.8 Å². The van der Waals surface area contributed by atoms with E-state index in [2.05, 4.69) is 11.5 Å². The van der Waals surface area contributed by atoms with Gasteiger partial charge in [-0.1, -0.05) is 0 Å². The second kappa shape index (κ2) is 9.09.